The Morgan fingerprint density at radius 2 is 1.96 bits per heavy atom. The summed E-state index contributed by atoms with van der Waals surface area (Å²) in [5.41, 5.74) is 3.58. The van der Waals surface area contributed by atoms with Crippen LogP contribution in [0.5, 0.6) is 5.75 Å². The Morgan fingerprint density at radius 1 is 1.20 bits per heavy atom. The van der Waals surface area contributed by atoms with Crippen LogP contribution in [-0.2, 0) is 11.2 Å². The SMILES string of the molecule is CCOc1ccc(NC(=O)CN(C)[C@@H]2CCCc3ccccc32)cc1. The summed E-state index contributed by atoms with van der Waals surface area (Å²) in [6.45, 7) is 2.97. The molecule has 0 unspecified atom stereocenters. The van der Waals surface area contributed by atoms with Gasteiger partial charge in [-0.2, -0.15) is 0 Å². The molecule has 1 N–H and O–H groups in total. The second-order valence-corrected chi connectivity index (χ2v) is 6.53. The van der Waals surface area contributed by atoms with Gasteiger partial charge in [-0.1, -0.05) is 24.3 Å². The van der Waals surface area contributed by atoms with E-state index in [2.05, 4.69) is 34.5 Å². The summed E-state index contributed by atoms with van der Waals surface area (Å²) in [6.07, 6.45) is 3.41. The fraction of sp³-hybridized carbons (Fsp3) is 0.381. The Kier molecular flexibility index (Phi) is 5.71. The fourth-order valence-electron chi connectivity index (χ4n) is 3.52. The Labute approximate surface area is 149 Å². The maximum absolute atomic E-state index is 12.4. The van der Waals surface area contributed by atoms with Crippen LogP contribution in [0.4, 0.5) is 5.69 Å². The predicted molar refractivity (Wildman–Crippen MR) is 101 cm³/mol. The number of rotatable bonds is 6. The number of hydrogen-bond donors (Lipinski definition) is 1. The summed E-state index contributed by atoms with van der Waals surface area (Å²) in [6, 6.07) is 16.4. The number of nitrogens with zero attached hydrogens (tertiary/aromatic N) is 1. The lowest BCUT2D eigenvalue weighted by atomic mass is 9.87. The molecule has 1 atom stereocenters. The molecule has 0 saturated heterocycles. The number of carbonyl (C=O) groups excluding carboxylic acids is 1. The highest BCUT2D eigenvalue weighted by Gasteiger charge is 2.24. The molecule has 4 heteroatoms. The first-order chi connectivity index (χ1) is 12.2. The van der Waals surface area contributed by atoms with Crippen LogP contribution >= 0.6 is 0 Å². The molecule has 0 bridgehead atoms. The smallest absolute Gasteiger partial charge is 0.238 e. The second-order valence-electron chi connectivity index (χ2n) is 6.53. The number of benzene rings is 2. The molecule has 0 aromatic heterocycles. The molecule has 0 fully saturated rings. The van der Waals surface area contributed by atoms with E-state index in [-0.39, 0.29) is 5.91 Å². The van der Waals surface area contributed by atoms with E-state index in [1.807, 2.05) is 38.2 Å². The number of likely N-dealkylation sites (N-methyl/N-ethyl adjacent to an activating group) is 1. The Hall–Kier alpha value is -2.33. The number of nitrogens with one attached hydrogen (secondary N) is 1. The zero-order valence-electron chi connectivity index (χ0n) is 15.0. The van der Waals surface area contributed by atoms with Crippen molar-refractivity contribution in [3.05, 3.63) is 59.7 Å². The number of aryl methyl sites for hydroxylation is 1. The molecule has 1 amide bonds. The van der Waals surface area contributed by atoms with Gasteiger partial charge in [0.1, 0.15) is 5.75 Å². The number of hydrogen-bond acceptors (Lipinski definition) is 3. The molecule has 2 aromatic carbocycles. The summed E-state index contributed by atoms with van der Waals surface area (Å²) >= 11 is 0. The van der Waals surface area contributed by atoms with Crippen molar-refractivity contribution in [2.45, 2.75) is 32.2 Å². The monoisotopic (exact) mass is 338 g/mol. The summed E-state index contributed by atoms with van der Waals surface area (Å²) < 4.78 is 5.42. The first kappa shape index (κ1) is 17.5. The maximum atomic E-state index is 12.4. The van der Waals surface area contributed by atoms with E-state index in [0.717, 1.165) is 24.3 Å². The maximum Gasteiger partial charge on any atom is 0.238 e. The quantitative estimate of drug-likeness (QED) is 0.864. The lowest BCUT2D eigenvalue weighted by molar-refractivity contribution is -0.117. The first-order valence-electron chi connectivity index (χ1n) is 8.98. The van der Waals surface area contributed by atoms with Crippen molar-refractivity contribution in [2.75, 3.05) is 25.5 Å². The van der Waals surface area contributed by atoms with Crippen LogP contribution in [0.25, 0.3) is 0 Å². The minimum atomic E-state index is 0.00899. The number of carbonyl (C=O) groups is 1. The second kappa shape index (κ2) is 8.17. The molecule has 0 radical (unpaired) electrons. The van der Waals surface area contributed by atoms with E-state index in [4.69, 9.17) is 4.74 Å². The molecule has 0 spiro atoms. The highest BCUT2D eigenvalue weighted by molar-refractivity contribution is 5.92. The van der Waals surface area contributed by atoms with Gasteiger partial charge in [0.15, 0.2) is 0 Å². The van der Waals surface area contributed by atoms with Crippen LogP contribution in [0.15, 0.2) is 48.5 Å². The van der Waals surface area contributed by atoms with Gasteiger partial charge in [0, 0.05) is 11.7 Å². The molecular formula is C21H26N2O2. The summed E-state index contributed by atoms with van der Waals surface area (Å²) in [4.78, 5) is 14.6. The number of amides is 1. The Bertz CT molecular complexity index is 712. The molecule has 132 valence electrons. The summed E-state index contributed by atoms with van der Waals surface area (Å²) in [7, 11) is 2.03. The van der Waals surface area contributed by atoms with E-state index >= 15 is 0 Å². The third-order valence-electron chi connectivity index (χ3n) is 4.71. The van der Waals surface area contributed by atoms with Gasteiger partial charge in [-0.25, -0.2) is 0 Å². The first-order valence-corrected chi connectivity index (χ1v) is 8.98. The van der Waals surface area contributed by atoms with E-state index in [0.29, 0.717) is 19.2 Å². The van der Waals surface area contributed by atoms with Crippen molar-refractivity contribution in [3.63, 3.8) is 0 Å². The highest BCUT2D eigenvalue weighted by Crippen LogP contribution is 2.33. The van der Waals surface area contributed by atoms with Crippen molar-refractivity contribution in [1.82, 2.24) is 4.90 Å². The lowest BCUT2D eigenvalue weighted by Crippen LogP contribution is -2.34. The normalized spacial score (nSPS) is 16.4. The van der Waals surface area contributed by atoms with Gasteiger partial charge < -0.3 is 10.1 Å². The predicted octanol–water partition coefficient (Wildman–Crippen LogP) is 4.03. The zero-order valence-corrected chi connectivity index (χ0v) is 15.0. The average molecular weight is 338 g/mol. The molecule has 1 aliphatic rings. The van der Waals surface area contributed by atoms with Gasteiger partial charge in [-0.15, -0.1) is 0 Å². The number of ether oxygens (including phenoxy) is 1. The van der Waals surface area contributed by atoms with Gasteiger partial charge in [-0.3, -0.25) is 9.69 Å². The molecule has 3 rings (SSSR count). The van der Waals surface area contributed by atoms with E-state index in [1.165, 1.54) is 17.5 Å². The summed E-state index contributed by atoms with van der Waals surface area (Å²) in [5.74, 6) is 0.825. The van der Waals surface area contributed by atoms with Gasteiger partial charge >= 0.3 is 0 Å². The van der Waals surface area contributed by atoms with Crippen molar-refractivity contribution in [3.8, 4) is 5.75 Å². The molecule has 4 nitrogen and oxygen atoms in total. The van der Waals surface area contributed by atoms with Crippen molar-refractivity contribution in [2.24, 2.45) is 0 Å². The van der Waals surface area contributed by atoms with Crippen molar-refractivity contribution in [1.29, 1.82) is 0 Å². The average Bonchev–Trinajstić information content (AvgIpc) is 2.63. The van der Waals surface area contributed by atoms with Gasteiger partial charge in [0.2, 0.25) is 5.91 Å². The minimum Gasteiger partial charge on any atom is -0.494 e. The van der Waals surface area contributed by atoms with Crippen molar-refractivity contribution >= 4 is 11.6 Å². The number of anilines is 1. The fourth-order valence-corrected chi connectivity index (χ4v) is 3.52. The topological polar surface area (TPSA) is 41.6 Å². The van der Waals surface area contributed by atoms with Crippen LogP contribution < -0.4 is 10.1 Å². The van der Waals surface area contributed by atoms with Gasteiger partial charge in [0.05, 0.1) is 13.2 Å². The molecule has 0 aliphatic heterocycles. The Morgan fingerprint density at radius 3 is 2.72 bits per heavy atom. The van der Waals surface area contributed by atoms with Gasteiger partial charge in [-0.05, 0) is 68.6 Å². The van der Waals surface area contributed by atoms with Crippen molar-refractivity contribution < 1.29 is 9.53 Å². The molecule has 25 heavy (non-hydrogen) atoms. The Balaban J connectivity index is 1.59. The third-order valence-corrected chi connectivity index (χ3v) is 4.71. The zero-order chi connectivity index (χ0) is 17.6. The molecular weight excluding hydrogens is 312 g/mol. The van der Waals surface area contributed by atoms with E-state index in [1.54, 1.807) is 0 Å². The van der Waals surface area contributed by atoms with Crippen LogP contribution in [0.1, 0.15) is 36.9 Å². The minimum absolute atomic E-state index is 0.00899. The molecule has 2 aromatic rings. The van der Waals surface area contributed by atoms with Gasteiger partial charge in [0.25, 0.3) is 0 Å². The van der Waals surface area contributed by atoms with Crippen LogP contribution in [0, 0.1) is 0 Å². The third kappa shape index (κ3) is 4.40. The lowest BCUT2D eigenvalue weighted by Gasteiger charge is -2.32. The number of fused-ring (bicyclic) bond motifs is 1. The molecule has 0 saturated carbocycles. The molecule has 1 aliphatic carbocycles. The highest BCUT2D eigenvalue weighted by atomic mass is 16.5. The summed E-state index contributed by atoms with van der Waals surface area (Å²) in [5, 5.41) is 2.97. The van der Waals surface area contributed by atoms with E-state index < -0.39 is 0 Å². The van der Waals surface area contributed by atoms with Crippen LogP contribution in [0.3, 0.4) is 0 Å². The van der Waals surface area contributed by atoms with Crippen LogP contribution in [0.2, 0.25) is 0 Å². The van der Waals surface area contributed by atoms with Crippen LogP contribution in [-0.4, -0.2) is 31.0 Å². The molecule has 0 heterocycles. The largest absolute Gasteiger partial charge is 0.494 e. The standard InChI is InChI=1S/C21H26N2O2/c1-3-25-18-13-11-17(12-14-18)22-21(24)15-23(2)20-10-6-8-16-7-4-5-9-19(16)20/h4-5,7,9,11-14,20H,3,6,8,10,15H2,1-2H3,(H,22,24)/t20-/m1/s1. The van der Waals surface area contributed by atoms with E-state index in [9.17, 15) is 4.79 Å².